The molecule has 2 aromatic carbocycles. The summed E-state index contributed by atoms with van der Waals surface area (Å²) in [5.74, 6) is -10.6. The van der Waals surface area contributed by atoms with E-state index in [0.717, 1.165) is 101 Å². The lowest BCUT2D eigenvalue weighted by Crippen LogP contribution is -2.46. The molecule has 4 heterocycles. The van der Waals surface area contributed by atoms with E-state index in [1.165, 1.54) is 35.1 Å². The van der Waals surface area contributed by atoms with E-state index in [0.29, 0.717) is 24.2 Å². The van der Waals surface area contributed by atoms with Gasteiger partial charge in [0, 0.05) is 86.8 Å². The smallest absolute Gasteiger partial charge is 0.335 e. The Morgan fingerprint density at radius 2 is 0.750 bits per heavy atom. The monoisotopic (exact) mass is 1070 g/mol. The summed E-state index contributed by atoms with van der Waals surface area (Å²) in [6, 6.07) is 15.2. The molecule has 0 radical (unpaired) electrons. The zero-order valence-corrected chi connectivity index (χ0v) is 41.3. The van der Waals surface area contributed by atoms with Gasteiger partial charge >= 0.3 is 35.8 Å². The highest BCUT2D eigenvalue weighted by Crippen LogP contribution is 2.27. The number of ether oxygens (including phenoxy) is 2. The maximum atomic E-state index is 9.77. The quantitative estimate of drug-likeness (QED) is 0.0960. The minimum Gasteiger partial charge on any atom is -0.479 e. The number of hydrogen-bond donors (Lipinski definition) is 14. The molecule has 72 heavy (non-hydrogen) atoms. The molecule has 24 nitrogen and oxygen atoms in total. The molecule has 6 rings (SSSR count). The summed E-state index contributed by atoms with van der Waals surface area (Å²) in [6.07, 6.45) is -6.47. The number of carboxylic acids is 6. The van der Waals surface area contributed by atoms with Crippen molar-refractivity contribution in [2.45, 2.75) is 126 Å². The molecule has 0 saturated carbocycles. The number of aliphatic hydroxyl groups excluding tert-OH is 6. The first-order chi connectivity index (χ1) is 33.9. The lowest BCUT2D eigenvalue weighted by atomic mass is 10.0. The van der Waals surface area contributed by atoms with Crippen molar-refractivity contribution in [3.05, 3.63) is 68.7 Å². The maximum Gasteiger partial charge on any atom is 0.335 e. The minimum absolute atomic E-state index is 0.652. The summed E-state index contributed by atoms with van der Waals surface area (Å²) < 4.78 is 11.1. The number of aryl methyl sites for hydroxylation is 2. The van der Waals surface area contributed by atoms with Crippen LogP contribution in [0.2, 0.25) is 10.0 Å². The molecule has 0 aromatic heterocycles. The van der Waals surface area contributed by atoms with Gasteiger partial charge in [0.1, 0.15) is 0 Å². The normalized spacial score (nSPS) is 20.5. The molecule has 406 valence electrons. The molecule has 8 atom stereocenters. The summed E-state index contributed by atoms with van der Waals surface area (Å²) >= 11 is 12.2. The van der Waals surface area contributed by atoms with Crippen LogP contribution in [0.1, 0.15) is 60.8 Å². The van der Waals surface area contributed by atoms with Gasteiger partial charge in [-0.05, 0) is 112 Å². The standard InChI is InChI=1S/2C17H25ClN2O.3C4H6O6/c2*1-13-10-15(18)3-2-14(13)12-20(17-4-7-19-11-17)16-5-8-21-9-6-16;3*5-1(3(7)8)2(6)4(9)10/h2*2-3,10,16-17,19H,4-9,11-12H2,1H3;3*1-2,5-6H,(H,7,8)(H,9,10)/t2*17-;3*1-,2-/m00000/s1. The third kappa shape index (κ3) is 21.8. The van der Waals surface area contributed by atoms with E-state index >= 15 is 0 Å². The highest BCUT2D eigenvalue weighted by Gasteiger charge is 2.33. The van der Waals surface area contributed by atoms with Crippen molar-refractivity contribution in [3.8, 4) is 0 Å². The van der Waals surface area contributed by atoms with E-state index in [1.807, 2.05) is 12.1 Å². The van der Waals surface area contributed by atoms with Crippen LogP contribution in [0.5, 0.6) is 0 Å². The Morgan fingerprint density at radius 3 is 0.958 bits per heavy atom. The van der Waals surface area contributed by atoms with Gasteiger partial charge in [0.15, 0.2) is 36.6 Å². The molecule has 0 aliphatic carbocycles. The molecule has 4 aliphatic rings. The molecule has 4 aliphatic heterocycles. The van der Waals surface area contributed by atoms with E-state index in [2.05, 4.69) is 58.5 Å². The largest absolute Gasteiger partial charge is 0.479 e. The zero-order chi connectivity index (χ0) is 54.2. The number of hydrogen-bond acceptors (Lipinski definition) is 18. The van der Waals surface area contributed by atoms with Crippen LogP contribution in [0.25, 0.3) is 0 Å². The van der Waals surface area contributed by atoms with Crippen LogP contribution < -0.4 is 10.6 Å². The predicted octanol–water partition coefficient (Wildman–Crippen LogP) is -0.385. The Hall–Kier alpha value is -4.64. The number of nitrogens with one attached hydrogen (secondary N) is 2. The molecule has 4 fully saturated rings. The lowest BCUT2D eigenvalue weighted by Gasteiger charge is -2.38. The number of aliphatic hydroxyl groups is 6. The third-order valence-electron chi connectivity index (χ3n) is 12.1. The Bertz CT molecular complexity index is 1800. The van der Waals surface area contributed by atoms with Gasteiger partial charge < -0.3 is 81.4 Å². The van der Waals surface area contributed by atoms with Crippen LogP contribution in [0.3, 0.4) is 0 Å². The van der Waals surface area contributed by atoms with Crippen LogP contribution in [0.15, 0.2) is 36.4 Å². The average Bonchev–Trinajstić information content (AvgIpc) is 4.10. The Labute approximate surface area is 425 Å². The van der Waals surface area contributed by atoms with Crippen molar-refractivity contribution in [1.29, 1.82) is 0 Å². The molecule has 0 bridgehead atoms. The number of carboxylic acid groups (broad SMARTS) is 6. The van der Waals surface area contributed by atoms with Gasteiger partial charge in [0.2, 0.25) is 0 Å². The van der Waals surface area contributed by atoms with E-state index in [4.69, 9.17) is 94.0 Å². The third-order valence-corrected chi connectivity index (χ3v) is 12.5. The van der Waals surface area contributed by atoms with E-state index in [9.17, 15) is 28.8 Å². The average molecular weight is 1070 g/mol. The summed E-state index contributed by atoms with van der Waals surface area (Å²) in [4.78, 5) is 64.0. The molecule has 0 amide bonds. The summed E-state index contributed by atoms with van der Waals surface area (Å²) in [6.45, 7) is 14.5. The van der Waals surface area contributed by atoms with Crippen molar-refractivity contribution < 1.29 is 99.5 Å². The first-order valence-electron chi connectivity index (χ1n) is 22.9. The Morgan fingerprint density at radius 1 is 0.486 bits per heavy atom. The molecule has 2 aromatic rings. The first kappa shape index (κ1) is 63.5. The highest BCUT2D eigenvalue weighted by atomic mass is 35.5. The molecule has 0 unspecified atom stereocenters. The minimum atomic E-state index is -2.27. The van der Waals surface area contributed by atoms with Crippen LogP contribution in [0.4, 0.5) is 0 Å². The van der Waals surface area contributed by atoms with Gasteiger partial charge in [-0.3, -0.25) is 9.80 Å². The van der Waals surface area contributed by atoms with Crippen molar-refractivity contribution in [2.24, 2.45) is 0 Å². The van der Waals surface area contributed by atoms with Crippen LogP contribution in [-0.4, -0.2) is 220 Å². The summed E-state index contributed by atoms with van der Waals surface area (Å²) in [7, 11) is 0. The fourth-order valence-electron chi connectivity index (χ4n) is 7.87. The van der Waals surface area contributed by atoms with Crippen LogP contribution >= 0.6 is 23.2 Å². The molecular formula is C46H68Cl2N4O20. The molecular weight excluding hydrogens is 999 g/mol. The Balaban J connectivity index is 0.000000325. The SMILES string of the molecule is Cc1cc(Cl)ccc1CN(C1CCOCC1)[C@H]1CCNC1.Cc1cc(Cl)ccc1CN(C1CCOCC1)[C@H]1CCNC1.O=C(O)[C@@H](O)[C@H](O)C(=O)O.O=C(O)[C@@H](O)[C@H](O)C(=O)O.O=C(O)[C@@H](O)[C@H](O)C(=O)O. The maximum absolute atomic E-state index is 9.77. The summed E-state index contributed by atoms with van der Waals surface area (Å²) in [5.41, 5.74) is 5.40. The predicted molar refractivity (Wildman–Crippen MR) is 256 cm³/mol. The first-order valence-corrected chi connectivity index (χ1v) is 23.7. The number of rotatable bonds is 17. The second-order valence-electron chi connectivity index (χ2n) is 17.2. The fraction of sp³-hybridized carbons (Fsp3) is 0.609. The van der Waals surface area contributed by atoms with Crippen molar-refractivity contribution in [2.75, 3.05) is 52.6 Å². The van der Waals surface area contributed by atoms with Crippen LogP contribution in [-0.2, 0) is 51.3 Å². The van der Waals surface area contributed by atoms with Crippen molar-refractivity contribution >= 4 is 59.0 Å². The molecule has 14 N–H and O–H groups in total. The van der Waals surface area contributed by atoms with E-state index < -0.39 is 72.4 Å². The van der Waals surface area contributed by atoms with Crippen molar-refractivity contribution in [1.82, 2.24) is 20.4 Å². The van der Waals surface area contributed by atoms with Crippen LogP contribution in [0, 0.1) is 13.8 Å². The van der Waals surface area contributed by atoms with Gasteiger partial charge in [-0.25, -0.2) is 28.8 Å². The molecule has 26 heteroatoms. The molecule has 0 spiro atoms. The van der Waals surface area contributed by atoms with Gasteiger partial charge in [0.25, 0.3) is 0 Å². The van der Waals surface area contributed by atoms with Crippen molar-refractivity contribution in [3.63, 3.8) is 0 Å². The Kier molecular flexibility index (Phi) is 28.7. The van der Waals surface area contributed by atoms with Gasteiger partial charge in [-0.15, -0.1) is 0 Å². The second kappa shape index (κ2) is 32.5. The van der Waals surface area contributed by atoms with Gasteiger partial charge in [-0.2, -0.15) is 0 Å². The van der Waals surface area contributed by atoms with Gasteiger partial charge in [0.05, 0.1) is 0 Å². The molecule has 4 saturated heterocycles. The van der Waals surface area contributed by atoms with E-state index in [1.54, 1.807) is 0 Å². The number of aliphatic carboxylic acids is 6. The van der Waals surface area contributed by atoms with E-state index in [-0.39, 0.29) is 0 Å². The number of nitrogens with zero attached hydrogens (tertiary/aromatic N) is 2. The second-order valence-corrected chi connectivity index (χ2v) is 18.0. The number of carbonyl (C=O) groups is 6. The van der Waals surface area contributed by atoms with Gasteiger partial charge in [-0.1, -0.05) is 35.3 Å². The number of benzene rings is 2. The zero-order valence-electron chi connectivity index (χ0n) is 39.8. The topological polar surface area (TPSA) is 394 Å². The summed E-state index contributed by atoms with van der Waals surface area (Å²) in [5, 5.41) is 106. The number of halogens is 2. The lowest BCUT2D eigenvalue weighted by molar-refractivity contribution is -0.165. The fourth-order valence-corrected chi connectivity index (χ4v) is 8.32. The highest BCUT2D eigenvalue weighted by molar-refractivity contribution is 6.30.